The van der Waals surface area contributed by atoms with E-state index < -0.39 is 17.7 Å². The van der Waals surface area contributed by atoms with Gasteiger partial charge in [-0.2, -0.15) is 22.0 Å². The molecule has 0 aromatic heterocycles. The Morgan fingerprint density at radius 3 is 2.05 bits per heavy atom. The third kappa shape index (κ3) is 4.22. The zero-order valence-electron chi connectivity index (χ0n) is 12.7. The lowest BCUT2D eigenvalue weighted by molar-refractivity contribution is -0.289. The van der Waals surface area contributed by atoms with Gasteiger partial charge in [0.1, 0.15) is 0 Å². The standard InChI is InChI=1S/C14H20F5N3/c1-21(2)7-4-8-22(3)12-6-5-10(9-11(12)20)13(15,16)14(17,18)19/h5-6,9H,4,7-8,20H2,1-3H3. The monoisotopic (exact) mass is 325 g/mol. The van der Waals surface area contributed by atoms with Crippen LogP contribution < -0.4 is 10.6 Å². The molecule has 0 bridgehead atoms. The molecule has 0 saturated heterocycles. The molecule has 22 heavy (non-hydrogen) atoms. The van der Waals surface area contributed by atoms with E-state index in [2.05, 4.69) is 0 Å². The Morgan fingerprint density at radius 2 is 1.59 bits per heavy atom. The molecule has 0 aliphatic heterocycles. The molecule has 0 saturated carbocycles. The predicted octanol–water partition coefficient (Wildman–Crippen LogP) is 3.31. The molecule has 0 amide bonds. The molecule has 0 aliphatic carbocycles. The topological polar surface area (TPSA) is 32.5 Å². The molecule has 0 radical (unpaired) electrons. The van der Waals surface area contributed by atoms with Crippen molar-refractivity contribution in [1.82, 2.24) is 4.90 Å². The molecule has 8 heteroatoms. The number of halogens is 5. The van der Waals surface area contributed by atoms with E-state index in [9.17, 15) is 22.0 Å². The van der Waals surface area contributed by atoms with E-state index in [1.807, 2.05) is 19.0 Å². The molecule has 1 aromatic rings. The number of benzene rings is 1. The Bertz CT molecular complexity index is 500. The third-order valence-electron chi connectivity index (χ3n) is 3.26. The summed E-state index contributed by atoms with van der Waals surface area (Å²) >= 11 is 0. The quantitative estimate of drug-likeness (QED) is 0.643. The van der Waals surface area contributed by atoms with E-state index in [4.69, 9.17) is 5.73 Å². The maximum absolute atomic E-state index is 13.3. The van der Waals surface area contributed by atoms with E-state index in [0.717, 1.165) is 19.0 Å². The summed E-state index contributed by atoms with van der Waals surface area (Å²) in [6.07, 6.45) is -4.83. The minimum absolute atomic E-state index is 0.103. The predicted molar refractivity (Wildman–Crippen MR) is 77.2 cm³/mol. The number of alkyl halides is 5. The molecule has 1 aromatic carbocycles. The van der Waals surface area contributed by atoms with Crippen molar-refractivity contribution < 1.29 is 22.0 Å². The smallest absolute Gasteiger partial charge is 0.397 e. The van der Waals surface area contributed by atoms with Crippen LogP contribution in [-0.4, -0.2) is 45.3 Å². The molecule has 0 heterocycles. The number of hydrogen-bond acceptors (Lipinski definition) is 3. The van der Waals surface area contributed by atoms with Crippen LogP contribution in [0.5, 0.6) is 0 Å². The average molecular weight is 325 g/mol. The van der Waals surface area contributed by atoms with Gasteiger partial charge in [0.2, 0.25) is 0 Å². The second-order valence-electron chi connectivity index (χ2n) is 5.42. The van der Waals surface area contributed by atoms with Gasteiger partial charge < -0.3 is 15.5 Å². The van der Waals surface area contributed by atoms with E-state index >= 15 is 0 Å². The van der Waals surface area contributed by atoms with Crippen LogP contribution in [0.3, 0.4) is 0 Å². The van der Waals surface area contributed by atoms with Crippen LogP contribution in [0, 0.1) is 0 Å². The van der Waals surface area contributed by atoms with Crippen LogP contribution in [0.2, 0.25) is 0 Å². The lowest BCUT2D eigenvalue weighted by Gasteiger charge is -2.24. The van der Waals surface area contributed by atoms with Crippen LogP contribution in [0.25, 0.3) is 0 Å². The summed E-state index contributed by atoms with van der Waals surface area (Å²) in [6, 6.07) is 2.65. The molecule has 0 spiro atoms. The Balaban J connectivity index is 2.90. The summed E-state index contributed by atoms with van der Waals surface area (Å²) < 4.78 is 63.6. The summed E-state index contributed by atoms with van der Waals surface area (Å²) in [5.41, 5.74) is 4.82. The second-order valence-corrected chi connectivity index (χ2v) is 5.42. The minimum atomic E-state index is -5.64. The van der Waals surface area contributed by atoms with E-state index in [-0.39, 0.29) is 5.69 Å². The molecular formula is C14H20F5N3. The SMILES string of the molecule is CN(C)CCCN(C)c1ccc(C(F)(F)C(F)(F)F)cc1N. The highest BCUT2D eigenvalue weighted by Gasteiger charge is 2.58. The lowest BCUT2D eigenvalue weighted by atomic mass is 10.1. The summed E-state index contributed by atoms with van der Waals surface area (Å²) in [5, 5.41) is 0. The van der Waals surface area contributed by atoms with Gasteiger partial charge in [0.05, 0.1) is 11.4 Å². The fraction of sp³-hybridized carbons (Fsp3) is 0.571. The van der Waals surface area contributed by atoms with E-state index in [0.29, 0.717) is 18.3 Å². The number of nitrogen functional groups attached to an aromatic ring is 1. The second kappa shape index (κ2) is 6.68. The van der Waals surface area contributed by atoms with Gasteiger partial charge in [0, 0.05) is 19.2 Å². The molecule has 0 fully saturated rings. The van der Waals surface area contributed by atoms with Gasteiger partial charge in [-0.05, 0) is 39.2 Å². The first-order valence-corrected chi connectivity index (χ1v) is 6.67. The van der Waals surface area contributed by atoms with Gasteiger partial charge >= 0.3 is 12.1 Å². The van der Waals surface area contributed by atoms with Gasteiger partial charge in [-0.1, -0.05) is 6.07 Å². The van der Waals surface area contributed by atoms with Gasteiger partial charge in [0.25, 0.3) is 0 Å². The number of nitrogens with two attached hydrogens (primary N) is 1. The van der Waals surface area contributed by atoms with Gasteiger partial charge in [-0.3, -0.25) is 0 Å². The van der Waals surface area contributed by atoms with Gasteiger partial charge in [0.15, 0.2) is 0 Å². The Hall–Kier alpha value is -1.57. The summed E-state index contributed by atoms with van der Waals surface area (Å²) in [6.45, 7) is 1.44. The van der Waals surface area contributed by atoms with E-state index in [1.165, 1.54) is 6.07 Å². The van der Waals surface area contributed by atoms with Crippen LogP contribution >= 0.6 is 0 Å². The van der Waals surface area contributed by atoms with Crippen molar-refractivity contribution >= 4 is 11.4 Å². The molecule has 0 unspecified atom stereocenters. The summed E-state index contributed by atoms with van der Waals surface area (Å²) in [5.74, 6) is -4.91. The van der Waals surface area contributed by atoms with Crippen molar-refractivity contribution in [2.24, 2.45) is 0 Å². The van der Waals surface area contributed by atoms with Crippen molar-refractivity contribution in [2.45, 2.75) is 18.5 Å². The highest BCUT2D eigenvalue weighted by atomic mass is 19.4. The van der Waals surface area contributed by atoms with Crippen LogP contribution in [0.4, 0.5) is 33.3 Å². The number of hydrogen-bond donors (Lipinski definition) is 1. The maximum atomic E-state index is 13.3. The maximum Gasteiger partial charge on any atom is 0.458 e. The minimum Gasteiger partial charge on any atom is -0.397 e. The van der Waals surface area contributed by atoms with Crippen LogP contribution in [-0.2, 0) is 5.92 Å². The third-order valence-corrected chi connectivity index (χ3v) is 3.26. The largest absolute Gasteiger partial charge is 0.458 e. The fourth-order valence-electron chi connectivity index (χ4n) is 2.01. The highest BCUT2D eigenvalue weighted by Crippen LogP contribution is 2.45. The van der Waals surface area contributed by atoms with Crippen molar-refractivity contribution in [3.63, 3.8) is 0 Å². The molecule has 0 aliphatic rings. The van der Waals surface area contributed by atoms with Crippen molar-refractivity contribution in [3.8, 4) is 0 Å². The van der Waals surface area contributed by atoms with Crippen molar-refractivity contribution in [1.29, 1.82) is 0 Å². The normalized spacial score (nSPS) is 12.8. The summed E-state index contributed by atoms with van der Waals surface area (Å²) in [7, 11) is 5.55. The fourth-order valence-corrected chi connectivity index (χ4v) is 2.01. The number of rotatable bonds is 6. The molecule has 0 atom stereocenters. The van der Waals surface area contributed by atoms with Crippen LogP contribution in [0.1, 0.15) is 12.0 Å². The number of anilines is 2. The zero-order valence-corrected chi connectivity index (χ0v) is 12.7. The highest BCUT2D eigenvalue weighted by molar-refractivity contribution is 5.68. The number of nitrogens with zero attached hydrogens (tertiary/aromatic N) is 2. The van der Waals surface area contributed by atoms with Crippen molar-refractivity contribution in [2.75, 3.05) is 44.9 Å². The molecular weight excluding hydrogens is 305 g/mol. The van der Waals surface area contributed by atoms with E-state index in [1.54, 1.807) is 11.9 Å². The molecule has 1 rings (SSSR count). The summed E-state index contributed by atoms with van der Waals surface area (Å²) in [4.78, 5) is 3.72. The zero-order chi connectivity index (χ0) is 17.1. The Kier molecular flexibility index (Phi) is 5.61. The first-order valence-electron chi connectivity index (χ1n) is 6.67. The molecule has 126 valence electrons. The van der Waals surface area contributed by atoms with Gasteiger partial charge in [-0.15, -0.1) is 0 Å². The van der Waals surface area contributed by atoms with Crippen LogP contribution in [0.15, 0.2) is 18.2 Å². The molecule has 2 N–H and O–H groups in total. The Labute approximate surface area is 126 Å². The average Bonchev–Trinajstić information content (AvgIpc) is 2.36. The Morgan fingerprint density at radius 1 is 1.00 bits per heavy atom. The first-order chi connectivity index (χ1) is 9.96. The lowest BCUT2D eigenvalue weighted by Crippen LogP contribution is -2.33. The van der Waals surface area contributed by atoms with Gasteiger partial charge in [-0.25, -0.2) is 0 Å². The van der Waals surface area contributed by atoms with Crippen molar-refractivity contribution in [3.05, 3.63) is 23.8 Å². The first kappa shape index (κ1) is 18.5. The molecule has 3 nitrogen and oxygen atoms in total.